The first-order chi connectivity index (χ1) is 13.1. The lowest BCUT2D eigenvalue weighted by atomic mass is 9.85. The third kappa shape index (κ3) is 2.66. The fraction of sp³-hybridized carbons (Fsp3) is 0.474. The van der Waals surface area contributed by atoms with Crippen molar-refractivity contribution >= 4 is 11.3 Å². The molecular formula is C19H22N6OS. The van der Waals surface area contributed by atoms with Crippen LogP contribution in [0, 0.1) is 6.92 Å². The van der Waals surface area contributed by atoms with Crippen molar-refractivity contribution in [3.8, 4) is 11.5 Å². The van der Waals surface area contributed by atoms with E-state index in [2.05, 4.69) is 39.1 Å². The molecule has 8 heteroatoms. The van der Waals surface area contributed by atoms with E-state index in [1.54, 1.807) is 6.20 Å². The molecule has 2 aliphatic heterocycles. The maximum Gasteiger partial charge on any atom is 0.283 e. The van der Waals surface area contributed by atoms with E-state index in [-0.39, 0.29) is 11.0 Å². The number of hydrogen-bond acceptors (Lipinski definition) is 6. The summed E-state index contributed by atoms with van der Waals surface area (Å²) in [5.74, 6) is 1.43. The Morgan fingerprint density at radius 3 is 2.81 bits per heavy atom. The van der Waals surface area contributed by atoms with Crippen LogP contribution in [0.3, 0.4) is 0 Å². The molecule has 1 atom stereocenters. The van der Waals surface area contributed by atoms with E-state index >= 15 is 0 Å². The number of nitrogens with zero attached hydrogens (tertiary/aromatic N) is 6. The Labute approximate surface area is 161 Å². The SMILES string of the molecule is Cc1ccc(CN2CC[C@]3(CCn4c3nnc(-c3nccn3C)c4=O)C2)s1. The highest BCUT2D eigenvalue weighted by molar-refractivity contribution is 7.11. The van der Waals surface area contributed by atoms with E-state index in [0.717, 1.165) is 38.3 Å². The molecule has 1 fully saturated rings. The van der Waals surface area contributed by atoms with Gasteiger partial charge >= 0.3 is 0 Å². The number of aromatic nitrogens is 5. The summed E-state index contributed by atoms with van der Waals surface area (Å²) in [6, 6.07) is 4.40. The second-order valence-corrected chi connectivity index (χ2v) is 9.07. The summed E-state index contributed by atoms with van der Waals surface area (Å²) < 4.78 is 3.64. The third-order valence-corrected chi connectivity index (χ3v) is 6.86. The zero-order valence-electron chi connectivity index (χ0n) is 15.6. The molecule has 1 spiro atoms. The van der Waals surface area contributed by atoms with E-state index < -0.39 is 0 Å². The Morgan fingerprint density at radius 2 is 2.07 bits per heavy atom. The molecule has 0 N–H and O–H groups in total. The second kappa shape index (κ2) is 6.10. The smallest absolute Gasteiger partial charge is 0.283 e. The van der Waals surface area contributed by atoms with Gasteiger partial charge in [-0.1, -0.05) is 0 Å². The third-order valence-electron chi connectivity index (χ3n) is 5.88. The minimum absolute atomic E-state index is 0.0430. The van der Waals surface area contributed by atoms with Crippen LogP contribution in [-0.4, -0.2) is 42.3 Å². The summed E-state index contributed by atoms with van der Waals surface area (Å²) in [7, 11) is 1.87. The van der Waals surface area contributed by atoms with Gasteiger partial charge in [-0.05, 0) is 38.4 Å². The van der Waals surface area contributed by atoms with Gasteiger partial charge in [0.2, 0.25) is 0 Å². The topological polar surface area (TPSA) is 68.8 Å². The molecule has 140 valence electrons. The van der Waals surface area contributed by atoms with Crippen LogP contribution in [0.15, 0.2) is 29.3 Å². The molecule has 3 aromatic rings. The van der Waals surface area contributed by atoms with Gasteiger partial charge in [0.25, 0.3) is 5.56 Å². The zero-order valence-corrected chi connectivity index (χ0v) is 16.4. The molecule has 0 saturated carbocycles. The van der Waals surface area contributed by atoms with Crippen LogP contribution in [0.1, 0.15) is 28.4 Å². The van der Waals surface area contributed by atoms with E-state index in [1.165, 1.54) is 9.75 Å². The first-order valence-electron chi connectivity index (χ1n) is 9.29. The minimum atomic E-state index is -0.0708. The second-order valence-electron chi connectivity index (χ2n) is 7.69. The molecule has 5 heterocycles. The highest BCUT2D eigenvalue weighted by atomic mass is 32.1. The Kier molecular flexibility index (Phi) is 3.80. The average molecular weight is 382 g/mol. The van der Waals surface area contributed by atoms with Crippen molar-refractivity contribution in [2.24, 2.45) is 7.05 Å². The molecule has 0 unspecified atom stereocenters. The summed E-state index contributed by atoms with van der Waals surface area (Å²) in [5.41, 5.74) is 0.226. The van der Waals surface area contributed by atoms with Gasteiger partial charge in [-0.3, -0.25) is 14.3 Å². The number of thiophene rings is 1. The van der Waals surface area contributed by atoms with Gasteiger partial charge in [0, 0.05) is 54.2 Å². The highest BCUT2D eigenvalue weighted by Gasteiger charge is 2.47. The number of aryl methyl sites for hydroxylation is 2. The van der Waals surface area contributed by atoms with Crippen molar-refractivity contribution < 1.29 is 0 Å². The largest absolute Gasteiger partial charge is 0.333 e. The molecule has 0 radical (unpaired) electrons. The number of fused-ring (bicyclic) bond motifs is 2. The number of imidazole rings is 1. The lowest BCUT2D eigenvalue weighted by Gasteiger charge is -2.22. The normalized spacial score (nSPS) is 22.0. The fourth-order valence-electron chi connectivity index (χ4n) is 4.46. The number of hydrogen-bond donors (Lipinski definition) is 0. The van der Waals surface area contributed by atoms with Crippen LogP contribution >= 0.6 is 11.3 Å². The number of rotatable bonds is 3. The molecule has 2 aliphatic rings. The Morgan fingerprint density at radius 1 is 1.22 bits per heavy atom. The Hall–Kier alpha value is -2.32. The van der Waals surface area contributed by atoms with Crippen molar-refractivity contribution in [3.05, 3.63) is 50.5 Å². The van der Waals surface area contributed by atoms with Crippen LogP contribution in [0.2, 0.25) is 0 Å². The van der Waals surface area contributed by atoms with Gasteiger partial charge in [-0.2, -0.15) is 0 Å². The quantitative estimate of drug-likeness (QED) is 0.693. The Balaban J connectivity index is 1.44. The number of likely N-dealkylation sites (tertiary alicyclic amines) is 1. The standard InChI is InChI=1S/C19H22N6OS/c1-13-3-4-14(27-13)11-24-8-5-19(12-24)6-9-25-17(26)15(21-22-18(19)25)16-20-7-10-23(16)2/h3-4,7,10H,5-6,8-9,11-12H2,1-2H3/t19-/m0/s1. The van der Waals surface area contributed by atoms with Gasteiger partial charge < -0.3 is 4.57 Å². The summed E-state index contributed by atoms with van der Waals surface area (Å²) in [6.45, 7) is 5.82. The molecule has 0 bridgehead atoms. The van der Waals surface area contributed by atoms with Crippen LogP contribution < -0.4 is 5.56 Å². The van der Waals surface area contributed by atoms with Gasteiger partial charge in [0.15, 0.2) is 11.5 Å². The van der Waals surface area contributed by atoms with Crippen LogP contribution in [0.25, 0.3) is 11.5 Å². The monoisotopic (exact) mass is 382 g/mol. The lowest BCUT2D eigenvalue weighted by molar-refractivity contribution is 0.301. The zero-order chi connectivity index (χ0) is 18.6. The molecule has 3 aromatic heterocycles. The van der Waals surface area contributed by atoms with Crippen molar-refractivity contribution in [1.82, 2.24) is 29.2 Å². The van der Waals surface area contributed by atoms with E-state index in [4.69, 9.17) is 0 Å². The van der Waals surface area contributed by atoms with Gasteiger partial charge in [0.1, 0.15) is 5.82 Å². The molecule has 5 rings (SSSR count). The van der Waals surface area contributed by atoms with Crippen LogP contribution in [0.5, 0.6) is 0 Å². The molecule has 7 nitrogen and oxygen atoms in total. The molecule has 27 heavy (non-hydrogen) atoms. The maximum absolute atomic E-state index is 13.0. The van der Waals surface area contributed by atoms with Gasteiger partial charge in [0.05, 0.1) is 0 Å². The van der Waals surface area contributed by atoms with Crippen molar-refractivity contribution in [1.29, 1.82) is 0 Å². The van der Waals surface area contributed by atoms with Crippen molar-refractivity contribution in [2.75, 3.05) is 13.1 Å². The molecule has 0 aromatic carbocycles. The van der Waals surface area contributed by atoms with Crippen molar-refractivity contribution in [2.45, 2.75) is 38.3 Å². The molecular weight excluding hydrogens is 360 g/mol. The predicted molar refractivity (Wildman–Crippen MR) is 104 cm³/mol. The summed E-state index contributed by atoms with van der Waals surface area (Å²) in [4.78, 5) is 22.5. The van der Waals surface area contributed by atoms with Crippen LogP contribution in [-0.2, 0) is 25.6 Å². The van der Waals surface area contributed by atoms with E-state index in [1.807, 2.05) is 33.7 Å². The lowest BCUT2D eigenvalue weighted by Crippen LogP contribution is -2.33. The predicted octanol–water partition coefficient (Wildman–Crippen LogP) is 1.96. The summed E-state index contributed by atoms with van der Waals surface area (Å²) in [5, 5.41) is 8.83. The summed E-state index contributed by atoms with van der Waals surface area (Å²) in [6.07, 6.45) is 5.49. The van der Waals surface area contributed by atoms with E-state index in [9.17, 15) is 4.79 Å². The maximum atomic E-state index is 13.0. The fourth-order valence-corrected chi connectivity index (χ4v) is 5.39. The average Bonchev–Trinajstić information content (AvgIpc) is 3.41. The van der Waals surface area contributed by atoms with Gasteiger partial charge in [-0.15, -0.1) is 21.5 Å². The minimum Gasteiger partial charge on any atom is -0.333 e. The molecule has 0 aliphatic carbocycles. The molecule has 1 saturated heterocycles. The van der Waals surface area contributed by atoms with Gasteiger partial charge in [-0.25, -0.2) is 4.98 Å². The van der Waals surface area contributed by atoms with E-state index in [0.29, 0.717) is 18.1 Å². The van der Waals surface area contributed by atoms with Crippen LogP contribution in [0.4, 0.5) is 0 Å². The highest BCUT2D eigenvalue weighted by Crippen LogP contribution is 2.41. The first-order valence-corrected chi connectivity index (χ1v) is 10.1. The first kappa shape index (κ1) is 16.8. The van der Waals surface area contributed by atoms with Crippen molar-refractivity contribution in [3.63, 3.8) is 0 Å². The molecule has 0 amide bonds. The summed E-state index contributed by atoms with van der Waals surface area (Å²) >= 11 is 1.86. The Bertz CT molecular complexity index is 1070.